The summed E-state index contributed by atoms with van der Waals surface area (Å²) in [7, 11) is 0. The smallest absolute Gasteiger partial charge is 0.0897 e. The van der Waals surface area contributed by atoms with Gasteiger partial charge in [0.15, 0.2) is 0 Å². The lowest BCUT2D eigenvalue weighted by atomic mass is 9.99. The van der Waals surface area contributed by atoms with E-state index in [1.165, 1.54) is 32.1 Å². The number of hydrogen-bond donors (Lipinski definition) is 3. The maximum atomic E-state index is 9.80. The van der Waals surface area contributed by atoms with Crippen LogP contribution in [0.2, 0.25) is 0 Å². The van der Waals surface area contributed by atoms with Crippen LogP contribution < -0.4 is 5.32 Å². The van der Waals surface area contributed by atoms with Gasteiger partial charge in [-0.15, -0.1) is 0 Å². The monoisotopic (exact) mass is 289 g/mol. The molecule has 0 heterocycles. The average Bonchev–Trinajstić information content (AvgIpc) is 2.39. The molecule has 0 aliphatic rings. The van der Waals surface area contributed by atoms with Crippen molar-refractivity contribution in [3.8, 4) is 0 Å². The third-order valence-electron chi connectivity index (χ3n) is 3.79. The molecule has 0 aromatic carbocycles. The van der Waals surface area contributed by atoms with Crippen LogP contribution in [-0.2, 0) is 4.74 Å². The van der Waals surface area contributed by atoms with E-state index in [9.17, 15) is 10.2 Å². The van der Waals surface area contributed by atoms with E-state index in [1.807, 2.05) is 13.8 Å². The largest absolute Gasteiger partial charge is 0.392 e. The summed E-state index contributed by atoms with van der Waals surface area (Å²) in [6, 6.07) is 0. The highest BCUT2D eigenvalue weighted by Gasteiger charge is 2.23. The van der Waals surface area contributed by atoms with Crippen LogP contribution in [0.4, 0.5) is 0 Å². The normalized spacial score (nSPS) is 15.3. The van der Waals surface area contributed by atoms with E-state index >= 15 is 0 Å². The maximum absolute atomic E-state index is 9.80. The van der Waals surface area contributed by atoms with Crippen molar-refractivity contribution in [2.24, 2.45) is 0 Å². The number of nitrogens with one attached hydrogen (secondary N) is 1. The molecule has 0 aliphatic heterocycles. The molecule has 0 fully saturated rings. The summed E-state index contributed by atoms with van der Waals surface area (Å²) in [5.74, 6) is 0. The fraction of sp³-hybridized carbons (Fsp3) is 1.00. The van der Waals surface area contributed by atoms with Crippen LogP contribution in [0.15, 0.2) is 0 Å². The Kier molecular flexibility index (Phi) is 11.4. The zero-order valence-corrected chi connectivity index (χ0v) is 13.8. The van der Waals surface area contributed by atoms with Crippen LogP contribution >= 0.6 is 0 Å². The minimum absolute atomic E-state index is 0.359. The van der Waals surface area contributed by atoms with Crippen molar-refractivity contribution in [2.75, 3.05) is 19.8 Å². The molecule has 0 spiro atoms. The Balaban J connectivity index is 3.43. The summed E-state index contributed by atoms with van der Waals surface area (Å²) in [4.78, 5) is 0. The van der Waals surface area contributed by atoms with E-state index < -0.39 is 12.2 Å². The van der Waals surface area contributed by atoms with Crippen molar-refractivity contribution in [1.29, 1.82) is 0 Å². The molecule has 4 heteroatoms. The van der Waals surface area contributed by atoms with Crippen LogP contribution in [0.5, 0.6) is 0 Å². The summed E-state index contributed by atoms with van der Waals surface area (Å²) in [6.07, 6.45) is 6.50. The first kappa shape index (κ1) is 19.8. The fourth-order valence-corrected chi connectivity index (χ4v) is 1.79. The second-order valence-corrected chi connectivity index (χ2v) is 6.28. The molecule has 0 saturated carbocycles. The van der Waals surface area contributed by atoms with E-state index in [-0.39, 0.29) is 5.54 Å². The van der Waals surface area contributed by atoms with Crippen molar-refractivity contribution in [1.82, 2.24) is 5.32 Å². The molecular weight excluding hydrogens is 254 g/mol. The van der Waals surface area contributed by atoms with Crippen molar-refractivity contribution in [3.05, 3.63) is 0 Å². The Bertz CT molecular complexity index is 220. The van der Waals surface area contributed by atoms with Crippen LogP contribution in [0.3, 0.4) is 0 Å². The molecular formula is C16H35NO3. The van der Waals surface area contributed by atoms with Crippen molar-refractivity contribution in [3.63, 3.8) is 0 Å². The van der Waals surface area contributed by atoms with Gasteiger partial charge in [-0.1, -0.05) is 39.0 Å². The molecule has 0 bridgehead atoms. The van der Waals surface area contributed by atoms with Crippen LogP contribution in [0, 0.1) is 0 Å². The lowest BCUT2D eigenvalue weighted by Gasteiger charge is -2.30. The van der Waals surface area contributed by atoms with E-state index in [4.69, 9.17) is 4.74 Å². The molecule has 0 rings (SSSR count). The first-order chi connectivity index (χ1) is 9.40. The van der Waals surface area contributed by atoms with Crippen LogP contribution in [0.1, 0.15) is 66.2 Å². The van der Waals surface area contributed by atoms with Gasteiger partial charge >= 0.3 is 0 Å². The first-order valence-electron chi connectivity index (χ1n) is 8.09. The Morgan fingerprint density at radius 2 is 1.65 bits per heavy atom. The van der Waals surface area contributed by atoms with Gasteiger partial charge in [-0.3, -0.25) is 0 Å². The number of hydrogen-bond acceptors (Lipinski definition) is 4. The van der Waals surface area contributed by atoms with Gasteiger partial charge in [0.05, 0.1) is 18.8 Å². The maximum Gasteiger partial charge on any atom is 0.0897 e. The molecule has 122 valence electrons. The van der Waals surface area contributed by atoms with Gasteiger partial charge < -0.3 is 20.3 Å². The van der Waals surface area contributed by atoms with Gasteiger partial charge in [0.1, 0.15) is 0 Å². The van der Waals surface area contributed by atoms with Crippen LogP contribution in [-0.4, -0.2) is 47.7 Å². The van der Waals surface area contributed by atoms with E-state index in [0.717, 1.165) is 13.0 Å². The number of ether oxygens (including phenoxy) is 1. The first-order valence-corrected chi connectivity index (χ1v) is 8.09. The highest BCUT2D eigenvalue weighted by Crippen LogP contribution is 2.08. The zero-order valence-electron chi connectivity index (χ0n) is 13.8. The number of β-amino-alcohol motifs (C(OH)–C–C–N with tert-alkyl or cyclic N) is 1. The molecule has 0 aromatic heterocycles. The molecule has 0 aromatic rings. The second kappa shape index (κ2) is 11.5. The van der Waals surface area contributed by atoms with E-state index in [0.29, 0.717) is 13.2 Å². The summed E-state index contributed by atoms with van der Waals surface area (Å²) < 4.78 is 5.48. The summed E-state index contributed by atoms with van der Waals surface area (Å²) in [5.41, 5.74) is -0.389. The fourth-order valence-electron chi connectivity index (χ4n) is 1.79. The zero-order chi connectivity index (χ0) is 15.4. The third kappa shape index (κ3) is 10.6. The number of aliphatic hydroxyl groups excluding tert-OH is 2. The van der Waals surface area contributed by atoms with Gasteiger partial charge in [0.2, 0.25) is 0 Å². The van der Waals surface area contributed by atoms with Crippen molar-refractivity contribution in [2.45, 2.75) is 84.0 Å². The Morgan fingerprint density at radius 1 is 1.05 bits per heavy atom. The van der Waals surface area contributed by atoms with Gasteiger partial charge in [-0.2, -0.15) is 0 Å². The van der Waals surface area contributed by atoms with E-state index in [2.05, 4.69) is 12.2 Å². The summed E-state index contributed by atoms with van der Waals surface area (Å²) in [6.45, 7) is 9.32. The van der Waals surface area contributed by atoms with Gasteiger partial charge in [-0.05, 0) is 27.2 Å². The molecule has 3 N–H and O–H groups in total. The van der Waals surface area contributed by atoms with Gasteiger partial charge in [0, 0.05) is 18.7 Å². The third-order valence-corrected chi connectivity index (χ3v) is 3.79. The molecule has 4 nitrogen and oxygen atoms in total. The molecule has 0 aliphatic carbocycles. The second-order valence-electron chi connectivity index (χ2n) is 6.28. The van der Waals surface area contributed by atoms with Gasteiger partial charge in [-0.25, -0.2) is 0 Å². The quantitative estimate of drug-likeness (QED) is 0.456. The summed E-state index contributed by atoms with van der Waals surface area (Å²) >= 11 is 0. The molecule has 0 saturated heterocycles. The predicted molar refractivity (Wildman–Crippen MR) is 84.0 cm³/mol. The van der Waals surface area contributed by atoms with Crippen molar-refractivity contribution >= 4 is 0 Å². The molecule has 0 radical (unpaired) electrons. The predicted octanol–water partition coefficient (Wildman–Crippen LogP) is 2.47. The lowest BCUT2D eigenvalue weighted by Crippen LogP contribution is -2.51. The minimum atomic E-state index is -0.520. The molecule has 2 atom stereocenters. The number of aliphatic hydroxyl groups is 2. The molecule has 20 heavy (non-hydrogen) atoms. The Labute approximate surface area is 124 Å². The Hall–Kier alpha value is -0.160. The lowest BCUT2D eigenvalue weighted by molar-refractivity contribution is 0.0236. The average molecular weight is 289 g/mol. The van der Waals surface area contributed by atoms with E-state index in [1.54, 1.807) is 6.92 Å². The van der Waals surface area contributed by atoms with Gasteiger partial charge in [0.25, 0.3) is 0 Å². The molecule has 0 amide bonds. The Morgan fingerprint density at radius 3 is 2.25 bits per heavy atom. The minimum Gasteiger partial charge on any atom is -0.392 e. The highest BCUT2D eigenvalue weighted by molar-refractivity contribution is 4.83. The number of unbranched alkanes of at least 4 members (excludes halogenated alkanes) is 5. The SMILES string of the molecule is CCCCCCCCOCC(O)CNC(C)(C)C(C)O. The molecule has 2 unspecified atom stereocenters. The summed E-state index contributed by atoms with van der Waals surface area (Å²) in [5, 5.41) is 22.5. The van der Waals surface area contributed by atoms with Crippen LogP contribution in [0.25, 0.3) is 0 Å². The topological polar surface area (TPSA) is 61.7 Å². The highest BCUT2D eigenvalue weighted by atomic mass is 16.5. The standard InChI is InChI=1S/C16H35NO3/c1-5-6-7-8-9-10-11-20-13-15(19)12-17-16(3,4)14(2)18/h14-15,17-19H,5-13H2,1-4H3. The van der Waals surface area contributed by atoms with Crippen molar-refractivity contribution < 1.29 is 14.9 Å². The number of rotatable bonds is 13.